The van der Waals surface area contributed by atoms with Crippen molar-refractivity contribution in [3.8, 4) is 11.1 Å². The number of ketones is 1. The first-order valence-electron chi connectivity index (χ1n) is 9.27. The molecule has 1 aliphatic heterocycles. The number of hydrogen-bond acceptors (Lipinski definition) is 2. The number of amides is 1. The first kappa shape index (κ1) is 18.1. The number of rotatable bonds is 6. The third-order valence-electron chi connectivity index (χ3n) is 4.98. The summed E-state index contributed by atoms with van der Waals surface area (Å²) in [7, 11) is 0. The standard InChI is InChI=1S/C23H25NO2/c1-2-3-11-22(25)24-16-7-10-21(17-24)23(26)20-14-12-19(13-15-20)18-8-5-4-6-9-18/h2,4-6,8-9,12-15,21H,1,3,7,10-11,16-17H2/t21-/m0/s1. The van der Waals surface area contributed by atoms with Crippen LogP contribution in [0.25, 0.3) is 11.1 Å². The van der Waals surface area contributed by atoms with Crippen LogP contribution in [-0.4, -0.2) is 29.7 Å². The zero-order valence-electron chi connectivity index (χ0n) is 15.1. The Morgan fingerprint density at radius 3 is 2.42 bits per heavy atom. The van der Waals surface area contributed by atoms with Crippen LogP contribution >= 0.6 is 0 Å². The first-order chi connectivity index (χ1) is 12.7. The van der Waals surface area contributed by atoms with E-state index >= 15 is 0 Å². The van der Waals surface area contributed by atoms with E-state index in [9.17, 15) is 9.59 Å². The van der Waals surface area contributed by atoms with E-state index in [-0.39, 0.29) is 17.6 Å². The van der Waals surface area contributed by atoms with Gasteiger partial charge in [-0.1, -0.05) is 60.7 Å². The van der Waals surface area contributed by atoms with Crippen LogP contribution in [-0.2, 0) is 4.79 Å². The zero-order valence-corrected chi connectivity index (χ0v) is 15.1. The molecule has 1 atom stereocenters. The average molecular weight is 347 g/mol. The summed E-state index contributed by atoms with van der Waals surface area (Å²) in [6, 6.07) is 17.9. The fourth-order valence-electron chi connectivity index (χ4n) is 3.49. The van der Waals surface area contributed by atoms with Gasteiger partial charge in [0.15, 0.2) is 5.78 Å². The SMILES string of the molecule is C=CCCC(=O)N1CCC[C@H](C(=O)c2ccc(-c3ccccc3)cc2)C1. The van der Waals surface area contributed by atoms with E-state index in [1.165, 1.54) is 0 Å². The predicted octanol–water partition coefficient (Wildman–Crippen LogP) is 4.74. The molecule has 1 aliphatic rings. The van der Waals surface area contributed by atoms with Crippen molar-refractivity contribution in [2.75, 3.05) is 13.1 Å². The molecule has 0 aromatic heterocycles. The molecule has 26 heavy (non-hydrogen) atoms. The van der Waals surface area contributed by atoms with Crippen LogP contribution < -0.4 is 0 Å². The molecular weight excluding hydrogens is 322 g/mol. The van der Waals surface area contributed by atoms with Crippen molar-refractivity contribution >= 4 is 11.7 Å². The largest absolute Gasteiger partial charge is 0.342 e. The topological polar surface area (TPSA) is 37.4 Å². The molecule has 0 N–H and O–H groups in total. The van der Waals surface area contributed by atoms with Crippen LogP contribution in [0.3, 0.4) is 0 Å². The lowest BCUT2D eigenvalue weighted by Gasteiger charge is -2.32. The smallest absolute Gasteiger partial charge is 0.222 e. The van der Waals surface area contributed by atoms with E-state index in [1.807, 2.05) is 47.4 Å². The Kier molecular flexibility index (Phi) is 6.00. The second-order valence-electron chi connectivity index (χ2n) is 6.81. The van der Waals surface area contributed by atoms with Crippen molar-refractivity contribution in [2.45, 2.75) is 25.7 Å². The molecule has 1 heterocycles. The van der Waals surface area contributed by atoms with Gasteiger partial charge in [-0.25, -0.2) is 0 Å². The van der Waals surface area contributed by atoms with Gasteiger partial charge in [-0.3, -0.25) is 9.59 Å². The van der Waals surface area contributed by atoms with Crippen LogP contribution in [0.15, 0.2) is 67.3 Å². The lowest BCUT2D eigenvalue weighted by molar-refractivity contribution is -0.132. The summed E-state index contributed by atoms with van der Waals surface area (Å²) in [6.45, 7) is 4.96. The molecule has 0 bridgehead atoms. The van der Waals surface area contributed by atoms with E-state index < -0.39 is 0 Å². The number of benzene rings is 2. The lowest BCUT2D eigenvalue weighted by atomic mass is 9.89. The number of carbonyl (C=O) groups excluding carboxylic acids is 2. The summed E-state index contributed by atoms with van der Waals surface area (Å²) < 4.78 is 0. The number of allylic oxidation sites excluding steroid dienone is 1. The predicted molar refractivity (Wildman–Crippen MR) is 105 cm³/mol. The van der Waals surface area contributed by atoms with Gasteiger partial charge in [-0.15, -0.1) is 6.58 Å². The number of Topliss-reactive ketones (excluding diaryl/α,β-unsaturated/α-hetero) is 1. The maximum atomic E-state index is 12.9. The average Bonchev–Trinajstić information content (AvgIpc) is 2.72. The fourth-order valence-corrected chi connectivity index (χ4v) is 3.49. The highest BCUT2D eigenvalue weighted by molar-refractivity contribution is 5.98. The molecule has 2 aromatic rings. The minimum absolute atomic E-state index is 0.0981. The van der Waals surface area contributed by atoms with Gasteiger partial charge in [0.25, 0.3) is 0 Å². The molecule has 0 aliphatic carbocycles. The van der Waals surface area contributed by atoms with Gasteiger partial charge in [-0.05, 0) is 30.4 Å². The molecule has 3 nitrogen and oxygen atoms in total. The van der Waals surface area contributed by atoms with Crippen LogP contribution in [0.1, 0.15) is 36.0 Å². The highest BCUT2D eigenvalue weighted by atomic mass is 16.2. The number of hydrogen-bond donors (Lipinski definition) is 0. The van der Waals surface area contributed by atoms with E-state index in [0.717, 1.165) is 36.1 Å². The van der Waals surface area contributed by atoms with Gasteiger partial charge >= 0.3 is 0 Å². The molecular formula is C23H25NO2. The van der Waals surface area contributed by atoms with Gasteiger partial charge in [0.1, 0.15) is 0 Å². The highest BCUT2D eigenvalue weighted by Gasteiger charge is 2.28. The Labute approximate surface area is 155 Å². The molecule has 3 rings (SSSR count). The maximum absolute atomic E-state index is 12.9. The van der Waals surface area contributed by atoms with E-state index in [4.69, 9.17) is 0 Å². The first-order valence-corrected chi connectivity index (χ1v) is 9.27. The maximum Gasteiger partial charge on any atom is 0.222 e. The molecule has 2 aromatic carbocycles. The van der Waals surface area contributed by atoms with E-state index in [0.29, 0.717) is 19.4 Å². The summed E-state index contributed by atoms with van der Waals surface area (Å²) in [5, 5.41) is 0. The molecule has 0 spiro atoms. The minimum atomic E-state index is -0.0981. The molecule has 0 saturated carbocycles. The number of likely N-dealkylation sites (tertiary alicyclic amines) is 1. The second kappa shape index (κ2) is 8.61. The summed E-state index contributed by atoms with van der Waals surface area (Å²) in [5.41, 5.74) is 2.98. The third kappa shape index (κ3) is 4.29. The Bertz CT molecular complexity index is 765. The van der Waals surface area contributed by atoms with Crippen molar-refractivity contribution < 1.29 is 9.59 Å². The molecule has 0 unspecified atom stereocenters. The zero-order chi connectivity index (χ0) is 18.4. The Hall–Kier alpha value is -2.68. The van der Waals surface area contributed by atoms with Crippen LogP contribution in [0.5, 0.6) is 0 Å². The molecule has 3 heteroatoms. The summed E-state index contributed by atoms with van der Waals surface area (Å²) in [4.78, 5) is 26.9. The van der Waals surface area contributed by atoms with Gasteiger partial charge in [0.2, 0.25) is 5.91 Å². The molecule has 1 amide bonds. The Balaban J connectivity index is 1.66. The van der Waals surface area contributed by atoms with Crippen LogP contribution in [0.4, 0.5) is 0 Å². The van der Waals surface area contributed by atoms with Gasteiger partial charge in [-0.2, -0.15) is 0 Å². The minimum Gasteiger partial charge on any atom is -0.342 e. The molecule has 1 saturated heterocycles. The number of carbonyl (C=O) groups is 2. The lowest BCUT2D eigenvalue weighted by Crippen LogP contribution is -2.42. The van der Waals surface area contributed by atoms with Crippen molar-refractivity contribution in [3.05, 3.63) is 72.8 Å². The van der Waals surface area contributed by atoms with Gasteiger partial charge < -0.3 is 4.90 Å². The van der Waals surface area contributed by atoms with Crippen molar-refractivity contribution in [1.29, 1.82) is 0 Å². The van der Waals surface area contributed by atoms with Crippen molar-refractivity contribution in [1.82, 2.24) is 4.90 Å². The summed E-state index contributed by atoms with van der Waals surface area (Å²) in [6.07, 6.45) is 4.67. The third-order valence-corrected chi connectivity index (χ3v) is 4.98. The van der Waals surface area contributed by atoms with E-state index in [2.05, 4.69) is 18.7 Å². The van der Waals surface area contributed by atoms with Gasteiger partial charge in [0.05, 0.1) is 0 Å². The monoisotopic (exact) mass is 347 g/mol. The van der Waals surface area contributed by atoms with E-state index in [1.54, 1.807) is 6.08 Å². The molecule has 134 valence electrons. The van der Waals surface area contributed by atoms with Gasteiger partial charge in [0, 0.05) is 31.0 Å². The van der Waals surface area contributed by atoms with Crippen molar-refractivity contribution in [2.24, 2.45) is 5.92 Å². The molecule has 1 fully saturated rings. The van der Waals surface area contributed by atoms with Crippen LogP contribution in [0, 0.1) is 5.92 Å². The second-order valence-corrected chi connectivity index (χ2v) is 6.81. The number of piperidine rings is 1. The molecule has 0 radical (unpaired) electrons. The summed E-state index contributed by atoms with van der Waals surface area (Å²) >= 11 is 0. The van der Waals surface area contributed by atoms with Crippen molar-refractivity contribution in [3.63, 3.8) is 0 Å². The Morgan fingerprint density at radius 2 is 1.73 bits per heavy atom. The fraction of sp³-hybridized carbons (Fsp3) is 0.304. The highest BCUT2D eigenvalue weighted by Crippen LogP contribution is 2.24. The summed E-state index contributed by atoms with van der Waals surface area (Å²) in [5.74, 6) is 0.173. The normalized spacial score (nSPS) is 16.9. The quantitative estimate of drug-likeness (QED) is 0.559. The van der Waals surface area contributed by atoms with Crippen LogP contribution in [0.2, 0.25) is 0 Å². The Morgan fingerprint density at radius 1 is 1.04 bits per heavy atom. The number of nitrogens with zero attached hydrogens (tertiary/aromatic N) is 1.